The molecule has 1 aromatic carbocycles. The molecule has 0 unspecified atom stereocenters. The van der Waals surface area contributed by atoms with E-state index in [9.17, 15) is 14.0 Å². The molecule has 0 spiro atoms. The largest absolute Gasteiger partial charge is 0.452 e. The van der Waals surface area contributed by atoms with Gasteiger partial charge in [-0.2, -0.15) is 0 Å². The van der Waals surface area contributed by atoms with Crippen molar-refractivity contribution in [1.82, 2.24) is 0 Å². The number of esters is 1. The van der Waals surface area contributed by atoms with Gasteiger partial charge >= 0.3 is 5.97 Å². The van der Waals surface area contributed by atoms with Crippen LogP contribution in [0.5, 0.6) is 0 Å². The molecular weight excluding hydrogens is 249 g/mol. The van der Waals surface area contributed by atoms with Gasteiger partial charge in [-0.3, -0.25) is 9.59 Å². The number of anilines is 1. The molecule has 2 rings (SSSR count). The molecule has 4 nitrogen and oxygen atoms in total. The second-order valence-electron chi connectivity index (χ2n) is 4.70. The second-order valence-corrected chi connectivity index (χ2v) is 4.70. The van der Waals surface area contributed by atoms with Crippen molar-refractivity contribution >= 4 is 17.6 Å². The third kappa shape index (κ3) is 3.53. The molecular formula is C14H16FNO3. The molecule has 0 heterocycles. The van der Waals surface area contributed by atoms with E-state index in [2.05, 4.69) is 5.32 Å². The van der Waals surface area contributed by atoms with E-state index in [1.807, 2.05) is 0 Å². The lowest BCUT2D eigenvalue weighted by atomic mass is 9.86. The highest BCUT2D eigenvalue weighted by Gasteiger charge is 2.29. The van der Waals surface area contributed by atoms with Crippen LogP contribution in [0.3, 0.4) is 0 Å². The van der Waals surface area contributed by atoms with Gasteiger partial charge in [0.05, 0.1) is 5.92 Å². The quantitative estimate of drug-likeness (QED) is 0.851. The Morgan fingerprint density at radius 3 is 2.47 bits per heavy atom. The van der Waals surface area contributed by atoms with Crippen molar-refractivity contribution in [1.29, 1.82) is 0 Å². The van der Waals surface area contributed by atoms with Crippen LogP contribution in [0.4, 0.5) is 10.1 Å². The monoisotopic (exact) mass is 265 g/mol. The molecule has 1 N–H and O–H groups in total. The van der Waals surface area contributed by atoms with E-state index in [1.54, 1.807) is 0 Å². The van der Waals surface area contributed by atoms with Crippen LogP contribution in [0.2, 0.25) is 0 Å². The van der Waals surface area contributed by atoms with Gasteiger partial charge in [-0.25, -0.2) is 4.39 Å². The van der Waals surface area contributed by atoms with Crippen molar-refractivity contribution in [2.24, 2.45) is 5.92 Å². The smallest absolute Gasteiger partial charge is 0.309 e. The van der Waals surface area contributed by atoms with Gasteiger partial charge in [0, 0.05) is 5.69 Å². The zero-order valence-electron chi connectivity index (χ0n) is 10.7. The van der Waals surface area contributed by atoms with Crippen molar-refractivity contribution in [3.63, 3.8) is 0 Å². The van der Waals surface area contributed by atoms with E-state index < -0.39 is 12.0 Å². The van der Waals surface area contributed by atoms with Gasteiger partial charge < -0.3 is 10.1 Å². The standard InChI is InChI=1S/C14H16FNO3/c1-9(19-14(18)10-3-2-4-10)13(17)16-12-7-5-11(15)6-8-12/h5-10H,2-4H2,1H3,(H,16,17)/t9-/m0/s1. The number of rotatable bonds is 4. The summed E-state index contributed by atoms with van der Waals surface area (Å²) < 4.78 is 17.8. The summed E-state index contributed by atoms with van der Waals surface area (Å²) in [6.07, 6.45) is 1.87. The first-order valence-electron chi connectivity index (χ1n) is 6.33. The number of benzene rings is 1. The van der Waals surface area contributed by atoms with Gasteiger partial charge in [0.25, 0.3) is 5.91 Å². The second kappa shape index (κ2) is 5.82. The first-order valence-corrected chi connectivity index (χ1v) is 6.33. The average Bonchev–Trinajstić information content (AvgIpc) is 2.29. The highest BCUT2D eigenvalue weighted by molar-refractivity contribution is 5.95. The summed E-state index contributed by atoms with van der Waals surface area (Å²) in [5, 5.41) is 2.57. The maximum Gasteiger partial charge on any atom is 0.309 e. The molecule has 1 fully saturated rings. The number of halogens is 1. The van der Waals surface area contributed by atoms with Crippen LogP contribution >= 0.6 is 0 Å². The summed E-state index contributed by atoms with van der Waals surface area (Å²) in [6, 6.07) is 5.41. The number of carbonyl (C=O) groups is 2. The van der Waals surface area contributed by atoms with Crippen LogP contribution in [0.15, 0.2) is 24.3 Å². The van der Waals surface area contributed by atoms with Gasteiger partial charge in [0.15, 0.2) is 6.10 Å². The Hall–Kier alpha value is -1.91. The number of hydrogen-bond donors (Lipinski definition) is 1. The minimum atomic E-state index is -0.849. The Morgan fingerprint density at radius 2 is 1.95 bits per heavy atom. The zero-order valence-corrected chi connectivity index (χ0v) is 10.7. The minimum absolute atomic E-state index is 0.0546. The van der Waals surface area contributed by atoms with Crippen LogP contribution in [-0.4, -0.2) is 18.0 Å². The number of carbonyl (C=O) groups excluding carboxylic acids is 2. The fourth-order valence-corrected chi connectivity index (χ4v) is 1.75. The lowest BCUT2D eigenvalue weighted by molar-refractivity contribution is -0.159. The summed E-state index contributed by atoms with van der Waals surface area (Å²) in [5.74, 6) is -1.16. The number of amides is 1. The van der Waals surface area contributed by atoms with Crippen LogP contribution < -0.4 is 5.32 Å². The fourth-order valence-electron chi connectivity index (χ4n) is 1.75. The molecule has 0 aromatic heterocycles. The molecule has 0 bridgehead atoms. The van der Waals surface area contributed by atoms with E-state index in [4.69, 9.17) is 4.74 Å². The maximum absolute atomic E-state index is 12.7. The van der Waals surface area contributed by atoms with Gasteiger partial charge in [0.2, 0.25) is 0 Å². The van der Waals surface area contributed by atoms with Gasteiger partial charge in [0.1, 0.15) is 5.82 Å². The minimum Gasteiger partial charge on any atom is -0.452 e. The molecule has 1 aliphatic rings. The molecule has 1 saturated carbocycles. The Balaban J connectivity index is 1.84. The Bertz CT molecular complexity index is 468. The molecule has 0 saturated heterocycles. The molecule has 0 radical (unpaired) electrons. The summed E-state index contributed by atoms with van der Waals surface area (Å²) in [6.45, 7) is 1.52. The van der Waals surface area contributed by atoms with Crippen LogP contribution in [0.25, 0.3) is 0 Å². The van der Waals surface area contributed by atoms with Crippen molar-refractivity contribution in [2.45, 2.75) is 32.3 Å². The third-order valence-electron chi connectivity index (χ3n) is 3.21. The lowest BCUT2D eigenvalue weighted by Gasteiger charge is -2.24. The zero-order chi connectivity index (χ0) is 13.8. The molecule has 1 aromatic rings. The summed E-state index contributed by atoms with van der Waals surface area (Å²) in [7, 11) is 0. The Kier molecular flexibility index (Phi) is 4.14. The maximum atomic E-state index is 12.7. The molecule has 0 aliphatic heterocycles. The molecule has 102 valence electrons. The molecule has 19 heavy (non-hydrogen) atoms. The number of ether oxygens (including phenoxy) is 1. The number of hydrogen-bond acceptors (Lipinski definition) is 3. The lowest BCUT2D eigenvalue weighted by Crippen LogP contribution is -2.34. The first-order chi connectivity index (χ1) is 9.06. The van der Waals surface area contributed by atoms with E-state index in [-0.39, 0.29) is 17.7 Å². The van der Waals surface area contributed by atoms with Crippen molar-refractivity contribution in [3.8, 4) is 0 Å². The summed E-state index contributed by atoms with van der Waals surface area (Å²) in [4.78, 5) is 23.4. The van der Waals surface area contributed by atoms with Crippen molar-refractivity contribution in [3.05, 3.63) is 30.1 Å². The van der Waals surface area contributed by atoms with Crippen LogP contribution in [0, 0.1) is 11.7 Å². The number of nitrogens with one attached hydrogen (secondary N) is 1. The summed E-state index contributed by atoms with van der Waals surface area (Å²) in [5.41, 5.74) is 0.470. The predicted octanol–water partition coefficient (Wildman–Crippen LogP) is 2.50. The van der Waals surface area contributed by atoms with E-state index in [1.165, 1.54) is 31.2 Å². The predicted molar refractivity (Wildman–Crippen MR) is 67.9 cm³/mol. The normalized spacial score (nSPS) is 16.3. The van der Waals surface area contributed by atoms with Crippen molar-refractivity contribution in [2.75, 3.05) is 5.32 Å². The van der Waals surface area contributed by atoms with E-state index >= 15 is 0 Å². The molecule has 1 amide bonds. The van der Waals surface area contributed by atoms with E-state index in [0.717, 1.165) is 19.3 Å². The van der Waals surface area contributed by atoms with E-state index in [0.29, 0.717) is 5.69 Å². The fraction of sp³-hybridized carbons (Fsp3) is 0.429. The average molecular weight is 265 g/mol. The topological polar surface area (TPSA) is 55.4 Å². The SMILES string of the molecule is C[C@H](OC(=O)C1CCC1)C(=O)Nc1ccc(F)cc1. The first kappa shape index (κ1) is 13.5. The highest BCUT2D eigenvalue weighted by atomic mass is 19.1. The molecule has 5 heteroatoms. The Labute approximate surface area is 110 Å². The van der Waals surface area contributed by atoms with Gasteiger partial charge in [-0.1, -0.05) is 6.42 Å². The van der Waals surface area contributed by atoms with Gasteiger partial charge in [-0.15, -0.1) is 0 Å². The third-order valence-corrected chi connectivity index (χ3v) is 3.21. The van der Waals surface area contributed by atoms with Crippen LogP contribution in [0.1, 0.15) is 26.2 Å². The molecule has 1 atom stereocenters. The molecule has 1 aliphatic carbocycles. The van der Waals surface area contributed by atoms with Crippen LogP contribution in [-0.2, 0) is 14.3 Å². The Morgan fingerprint density at radius 1 is 1.32 bits per heavy atom. The van der Waals surface area contributed by atoms with Gasteiger partial charge in [-0.05, 0) is 44.0 Å². The van der Waals surface area contributed by atoms with Crippen molar-refractivity contribution < 1.29 is 18.7 Å². The summed E-state index contributed by atoms with van der Waals surface area (Å²) >= 11 is 0. The highest BCUT2D eigenvalue weighted by Crippen LogP contribution is 2.27.